The van der Waals surface area contributed by atoms with Crippen molar-refractivity contribution >= 4 is 0 Å². The van der Waals surface area contributed by atoms with Crippen LogP contribution in [-0.4, -0.2) is 16.7 Å². The minimum absolute atomic E-state index is 0.646. The first-order valence-corrected chi connectivity index (χ1v) is 7.12. The first-order chi connectivity index (χ1) is 8.25. The molecule has 1 aliphatic rings. The summed E-state index contributed by atoms with van der Waals surface area (Å²) in [4.78, 5) is 0. The van der Waals surface area contributed by atoms with Crippen LogP contribution in [0.3, 0.4) is 0 Å². The van der Waals surface area contributed by atoms with Crippen molar-refractivity contribution in [1.29, 1.82) is 0 Å². The summed E-state index contributed by atoms with van der Waals surface area (Å²) in [5.41, 5.74) is 1.45. The molecule has 0 saturated heterocycles. The van der Waals surface area contributed by atoms with Gasteiger partial charge in [-0.25, -0.2) is 0 Å². The Morgan fingerprint density at radius 2 is 2.12 bits per heavy atom. The number of rotatable bonds is 5. The number of hydrogen-bond donors (Lipinski definition) is 1. The van der Waals surface area contributed by atoms with Crippen molar-refractivity contribution in [2.24, 2.45) is 7.05 Å². The van der Waals surface area contributed by atoms with Crippen molar-refractivity contribution < 1.29 is 0 Å². The van der Waals surface area contributed by atoms with E-state index in [1.54, 1.807) is 0 Å². The molecule has 2 heteroatoms. The molecule has 0 amide bonds. The Morgan fingerprint density at radius 3 is 2.76 bits per heavy atom. The van der Waals surface area contributed by atoms with Crippen LogP contribution in [-0.2, 0) is 13.5 Å². The fourth-order valence-electron chi connectivity index (χ4n) is 2.88. The lowest BCUT2D eigenvalue weighted by Gasteiger charge is -2.26. The standard InChI is InChI=1S/C15H26N2/c1-13(16-14-7-4-3-5-8-14)10-11-15-9-6-12-17(15)2/h6,9,12-14,16H,3-5,7-8,10-11H2,1-2H3/t13-/m0/s1. The van der Waals surface area contributed by atoms with Crippen molar-refractivity contribution in [2.45, 2.75) is 64.0 Å². The molecule has 1 atom stereocenters. The quantitative estimate of drug-likeness (QED) is 0.827. The van der Waals surface area contributed by atoms with Gasteiger partial charge in [-0.3, -0.25) is 0 Å². The molecule has 1 aromatic heterocycles. The van der Waals surface area contributed by atoms with Gasteiger partial charge in [0.25, 0.3) is 0 Å². The lowest BCUT2D eigenvalue weighted by molar-refractivity contribution is 0.336. The molecule has 1 saturated carbocycles. The summed E-state index contributed by atoms with van der Waals surface area (Å²) < 4.78 is 2.23. The Morgan fingerprint density at radius 1 is 1.35 bits per heavy atom. The van der Waals surface area contributed by atoms with E-state index in [4.69, 9.17) is 0 Å². The highest BCUT2D eigenvalue weighted by molar-refractivity contribution is 5.06. The number of nitrogens with one attached hydrogen (secondary N) is 1. The Hall–Kier alpha value is -0.760. The van der Waals surface area contributed by atoms with E-state index >= 15 is 0 Å². The molecule has 0 aliphatic heterocycles. The maximum Gasteiger partial charge on any atom is 0.0172 e. The van der Waals surface area contributed by atoms with Crippen molar-refractivity contribution in [1.82, 2.24) is 9.88 Å². The van der Waals surface area contributed by atoms with Gasteiger partial charge in [0.2, 0.25) is 0 Å². The van der Waals surface area contributed by atoms with E-state index in [1.807, 2.05) is 0 Å². The van der Waals surface area contributed by atoms with E-state index in [9.17, 15) is 0 Å². The zero-order chi connectivity index (χ0) is 12.1. The second-order valence-electron chi connectivity index (χ2n) is 5.55. The van der Waals surface area contributed by atoms with Crippen LogP contribution < -0.4 is 5.32 Å². The molecule has 1 N–H and O–H groups in total. The van der Waals surface area contributed by atoms with Gasteiger partial charge in [0.05, 0.1) is 0 Å². The third-order valence-electron chi connectivity index (χ3n) is 4.01. The average Bonchev–Trinajstić information content (AvgIpc) is 2.74. The van der Waals surface area contributed by atoms with E-state index in [1.165, 1.54) is 50.6 Å². The highest BCUT2D eigenvalue weighted by Gasteiger charge is 2.15. The third-order valence-corrected chi connectivity index (χ3v) is 4.01. The van der Waals surface area contributed by atoms with Gasteiger partial charge in [-0.05, 0) is 44.7 Å². The Balaban J connectivity index is 1.70. The average molecular weight is 234 g/mol. The molecule has 2 rings (SSSR count). The summed E-state index contributed by atoms with van der Waals surface area (Å²) in [5, 5.41) is 3.79. The van der Waals surface area contributed by atoms with E-state index in [0.29, 0.717) is 6.04 Å². The second kappa shape index (κ2) is 6.25. The molecule has 0 unspecified atom stereocenters. The van der Waals surface area contributed by atoms with Crippen LogP contribution in [0.2, 0.25) is 0 Å². The van der Waals surface area contributed by atoms with Gasteiger partial charge in [-0.2, -0.15) is 0 Å². The van der Waals surface area contributed by atoms with Gasteiger partial charge in [0, 0.05) is 31.0 Å². The smallest absolute Gasteiger partial charge is 0.0172 e. The molecule has 2 nitrogen and oxygen atoms in total. The second-order valence-corrected chi connectivity index (χ2v) is 5.55. The first-order valence-electron chi connectivity index (χ1n) is 7.12. The molecule has 1 heterocycles. The van der Waals surface area contributed by atoms with Gasteiger partial charge in [-0.15, -0.1) is 0 Å². The maximum atomic E-state index is 3.79. The lowest BCUT2D eigenvalue weighted by Crippen LogP contribution is -2.38. The van der Waals surface area contributed by atoms with Gasteiger partial charge >= 0.3 is 0 Å². The number of hydrogen-bond acceptors (Lipinski definition) is 1. The van der Waals surface area contributed by atoms with Crippen LogP contribution >= 0.6 is 0 Å². The van der Waals surface area contributed by atoms with Crippen LogP contribution in [0.25, 0.3) is 0 Å². The molecular weight excluding hydrogens is 208 g/mol. The molecule has 0 radical (unpaired) electrons. The summed E-state index contributed by atoms with van der Waals surface area (Å²) in [6.07, 6.45) is 11.6. The van der Waals surface area contributed by atoms with E-state index in [0.717, 1.165) is 6.04 Å². The maximum absolute atomic E-state index is 3.79. The van der Waals surface area contributed by atoms with Crippen LogP contribution in [0, 0.1) is 0 Å². The molecule has 1 fully saturated rings. The highest BCUT2D eigenvalue weighted by Crippen LogP contribution is 2.18. The monoisotopic (exact) mass is 234 g/mol. The zero-order valence-electron chi connectivity index (χ0n) is 11.3. The predicted molar refractivity (Wildman–Crippen MR) is 73.2 cm³/mol. The van der Waals surface area contributed by atoms with Gasteiger partial charge in [0.15, 0.2) is 0 Å². The number of nitrogens with zero attached hydrogens (tertiary/aromatic N) is 1. The van der Waals surface area contributed by atoms with Crippen molar-refractivity contribution in [3.63, 3.8) is 0 Å². The minimum Gasteiger partial charge on any atom is -0.354 e. The minimum atomic E-state index is 0.646. The summed E-state index contributed by atoms with van der Waals surface area (Å²) in [6.45, 7) is 2.33. The highest BCUT2D eigenvalue weighted by atomic mass is 15.0. The zero-order valence-corrected chi connectivity index (χ0v) is 11.3. The molecule has 0 spiro atoms. The summed E-state index contributed by atoms with van der Waals surface area (Å²) in [7, 11) is 2.13. The topological polar surface area (TPSA) is 17.0 Å². The Labute approximate surface area is 105 Å². The fourth-order valence-corrected chi connectivity index (χ4v) is 2.88. The molecule has 1 aliphatic carbocycles. The molecule has 96 valence electrons. The third kappa shape index (κ3) is 3.88. The van der Waals surface area contributed by atoms with Crippen LogP contribution in [0.15, 0.2) is 18.3 Å². The van der Waals surface area contributed by atoms with Gasteiger partial charge in [0.1, 0.15) is 0 Å². The number of aryl methyl sites for hydroxylation is 2. The van der Waals surface area contributed by atoms with Gasteiger partial charge in [-0.1, -0.05) is 19.3 Å². The predicted octanol–water partition coefficient (Wildman–Crippen LogP) is 3.27. The largest absolute Gasteiger partial charge is 0.354 e. The van der Waals surface area contributed by atoms with E-state index in [-0.39, 0.29) is 0 Å². The van der Waals surface area contributed by atoms with Gasteiger partial charge < -0.3 is 9.88 Å². The SMILES string of the molecule is C[C@@H](CCc1cccn1C)NC1CCCCC1. The van der Waals surface area contributed by atoms with Crippen molar-refractivity contribution in [3.8, 4) is 0 Å². The molecule has 1 aromatic rings. The number of aromatic nitrogens is 1. The lowest BCUT2D eigenvalue weighted by atomic mass is 9.94. The van der Waals surface area contributed by atoms with E-state index < -0.39 is 0 Å². The Kier molecular flexibility index (Phi) is 4.66. The molecule has 0 bridgehead atoms. The fraction of sp³-hybridized carbons (Fsp3) is 0.733. The van der Waals surface area contributed by atoms with E-state index in [2.05, 4.69) is 42.2 Å². The summed E-state index contributed by atoms with van der Waals surface area (Å²) in [5.74, 6) is 0. The summed E-state index contributed by atoms with van der Waals surface area (Å²) >= 11 is 0. The van der Waals surface area contributed by atoms with Crippen molar-refractivity contribution in [3.05, 3.63) is 24.0 Å². The van der Waals surface area contributed by atoms with Crippen LogP contribution in [0.5, 0.6) is 0 Å². The molecule has 0 aromatic carbocycles. The van der Waals surface area contributed by atoms with Crippen LogP contribution in [0.4, 0.5) is 0 Å². The normalized spacial score (nSPS) is 19.4. The molecular formula is C15H26N2. The molecule has 17 heavy (non-hydrogen) atoms. The van der Waals surface area contributed by atoms with Crippen molar-refractivity contribution in [2.75, 3.05) is 0 Å². The van der Waals surface area contributed by atoms with Crippen LogP contribution in [0.1, 0.15) is 51.1 Å². The first kappa shape index (κ1) is 12.7. The summed E-state index contributed by atoms with van der Waals surface area (Å²) in [6, 6.07) is 5.79. The Bertz CT molecular complexity index is 323.